The van der Waals surface area contributed by atoms with Crippen molar-refractivity contribution in [2.24, 2.45) is 0 Å². The fourth-order valence-electron chi connectivity index (χ4n) is 2.44. The van der Waals surface area contributed by atoms with E-state index in [1.165, 1.54) is 26.0 Å². The number of benzene rings is 1. The lowest BCUT2D eigenvalue weighted by Gasteiger charge is -2.18. The lowest BCUT2D eigenvalue weighted by atomic mass is 10.0. The Hall–Kier alpha value is -1.98. The van der Waals surface area contributed by atoms with Crippen LogP contribution in [0.5, 0.6) is 0 Å². The van der Waals surface area contributed by atoms with Crippen molar-refractivity contribution in [1.82, 2.24) is 10.6 Å². The second-order valence-electron chi connectivity index (χ2n) is 5.81. The fourth-order valence-corrected chi connectivity index (χ4v) is 2.44. The molecule has 0 aromatic heterocycles. The number of carbonyl (C=O) groups is 2. The summed E-state index contributed by atoms with van der Waals surface area (Å²) in [6.07, 6.45) is 6.63. The highest BCUT2D eigenvalue weighted by atomic mass is 19.2. The number of halogens is 2. The summed E-state index contributed by atoms with van der Waals surface area (Å²) in [7, 11) is 1.43. The lowest BCUT2D eigenvalue weighted by molar-refractivity contribution is -0.129. The van der Waals surface area contributed by atoms with Crippen LogP contribution in [0.3, 0.4) is 0 Å². The Balaban J connectivity index is 2.58. The van der Waals surface area contributed by atoms with Crippen molar-refractivity contribution in [3.05, 3.63) is 35.4 Å². The monoisotopic (exact) mass is 340 g/mol. The fraction of sp³-hybridized carbons (Fsp3) is 0.556. The molecule has 134 valence electrons. The van der Waals surface area contributed by atoms with Crippen LogP contribution in [0, 0.1) is 11.6 Å². The van der Waals surface area contributed by atoms with Crippen LogP contribution < -0.4 is 10.6 Å². The minimum Gasteiger partial charge on any atom is -0.357 e. The average Bonchev–Trinajstić information content (AvgIpc) is 2.57. The molecule has 0 bridgehead atoms. The van der Waals surface area contributed by atoms with Gasteiger partial charge in [-0.2, -0.15) is 0 Å². The second-order valence-corrected chi connectivity index (χ2v) is 5.81. The Bertz CT molecular complexity index is 550. The largest absolute Gasteiger partial charge is 0.357 e. The van der Waals surface area contributed by atoms with Crippen LogP contribution in [0.15, 0.2) is 18.2 Å². The topological polar surface area (TPSA) is 58.2 Å². The van der Waals surface area contributed by atoms with E-state index in [-0.39, 0.29) is 11.5 Å². The normalized spacial score (nSPS) is 11.8. The number of hydrogen-bond donors (Lipinski definition) is 2. The first-order valence-corrected chi connectivity index (χ1v) is 8.45. The van der Waals surface area contributed by atoms with Gasteiger partial charge in [-0.3, -0.25) is 9.59 Å². The highest BCUT2D eigenvalue weighted by Gasteiger charge is 2.22. The maximum Gasteiger partial charge on any atom is 0.246 e. The Labute approximate surface area is 142 Å². The first kappa shape index (κ1) is 20.1. The van der Waals surface area contributed by atoms with E-state index in [4.69, 9.17) is 0 Å². The van der Waals surface area contributed by atoms with Gasteiger partial charge in [-0.05, 0) is 24.1 Å². The van der Waals surface area contributed by atoms with Crippen molar-refractivity contribution in [3.63, 3.8) is 0 Å². The zero-order valence-electron chi connectivity index (χ0n) is 14.3. The summed E-state index contributed by atoms with van der Waals surface area (Å²) < 4.78 is 26.4. The number of nitrogens with one attached hydrogen (secondary N) is 2. The Kier molecular flexibility index (Phi) is 8.97. The Morgan fingerprint density at radius 1 is 1.04 bits per heavy atom. The van der Waals surface area contributed by atoms with Gasteiger partial charge in [0.05, 0.1) is 0 Å². The maximum absolute atomic E-state index is 13.4. The van der Waals surface area contributed by atoms with Crippen molar-refractivity contribution in [2.45, 2.75) is 57.9 Å². The van der Waals surface area contributed by atoms with Crippen LogP contribution in [0.4, 0.5) is 8.78 Å². The molecular weight excluding hydrogens is 314 g/mol. The third-order valence-electron chi connectivity index (χ3n) is 3.85. The smallest absolute Gasteiger partial charge is 0.246 e. The van der Waals surface area contributed by atoms with Crippen molar-refractivity contribution >= 4 is 11.8 Å². The molecular formula is C18H26F2N2O2. The van der Waals surface area contributed by atoms with Gasteiger partial charge < -0.3 is 10.6 Å². The summed E-state index contributed by atoms with van der Waals surface area (Å²) in [5, 5.41) is 5.02. The van der Waals surface area contributed by atoms with Crippen LogP contribution in [0.1, 0.15) is 63.5 Å². The molecule has 1 unspecified atom stereocenters. The summed E-state index contributed by atoms with van der Waals surface area (Å²) >= 11 is 0. The molecule has 1 rings (SSSR count). The SMILES string of the molecule is CCCCCCCCC(=O)NC(C(=O)NC)c1ccc(F)c(F)c1. The van der Waals surface area contributed by atoms with Crippen molar-refractivity contribution in [2.75, 3.05) is 7.05 Å². The number of likely N-dealkylation sites (N-methyl/N-ethyl adjacent to an activating group) is 1. The first-order valence-electron chi connectivity index (χ1n) is 8.45. The summed E-state index contributed by atoms with van der Waals surface area (Å²) in [6, 6.07) is 2.14. The van der Waals surface area contributed by atoms with Crippen LogP contribution in [0.2, 0.25) is 0 Å². The Morgan fingerprint density at radius 2 is 1.71 bits per heavy atom. The highest BCUT2D eigenvalue weighted by molar-refractivity contribution is 5.88. The zero-order chi connectivity index (χ0) is 17.9. The second kappa shape index (κ2) is 10.7. The molecule has 0 spiro atoms. The van der Waals surface area contributed by atoms with E-state index in [1.807, 2.05) is 0 Å². The molecule has 4 nitrogen and oxygen atoms in total. The average molecular weight is 340 g/mol. The predicted octanol–water partition coefficient (Wildman–Crippen LogP) is 3.62. The van der Waals surface area contributed by atoms with Crippen LogP contribution in [0.25, 0.3) is 0 Å². The van der Waals surface area contributed by atoms with Crippen LogP contribution in [-0.2, 0) is 9.59 Å². The first-order chi connectivity index (χ1) is 11.5. The molecule has 0 saturated carbocycles. The summed E-state index contributed by atoms with van der Waals surface area (Å²) in [6.45, 7) is 2.14. The molecule has 0 heterocycles. The van der Waals surface area contributed by atoms with Gasteiger partial charge in [-0.1, -0.05) is 45.1 Å². The van der Waals surface area contributed by atoms with Crippen molar-refractivity contribution in [1.29, 1.82) is 0 Å². The summed E-state index contributed by atoms with van der Waals surface area (Å²) in [4.78, 5) is 24.0. The maximum atomic E-state index is 13.4. The molecule has 0 fully saturated rings. The van der Waals surface area contributed by atoms with Gasteiger partial charge in [0, 0.05) is 13.5 Å². The van der Waals surface area contributed by atoms with E-state index in [2.05, 4.69) is 17.6 Å². The van der Waals surface area contributed by atoms with Crippen LogP contribution >= 0.6 is 0 Å². The molecule has 24 heavy (non-hydrogen) atoms. The molecule has 0 aliphatic heterocycles. The molecule has 0 aliphatic rings. The molecule has 0 saturated heterocycles. The molecule has 1 atom stereocenters. The van der Waals surface area contributed by atoms with Gasteiger partial charge in [0.2, 0.25) is 11.8 Å². The molecule has 0 radical (unpaired) electrons. The zero-order valence-corrected chi connectivity index (χ0v) is 14.3. The standard InChI is InChI=1S/C18H26F2N2O2/c1-3-4-5-6-7-8-9-16(23)22-17(18(24)21-2)13-10-11-14(19)15(20)12-13/h10-12,17H,3-9H2,1-2H3,(H,21,24)(H,22,23). The number of amides is 2. The summed E-state index contributed by atoms with van der Waals surface area (Å²) in [5.41, 5.74) is 0.213. The molecule has 1 aromatic carbocycles. The molecule has 2 N–H and O–H groups in total. The third kappa shape index (κ3) is 6.64. The third-order valence-corrected chi connectivity index (χ3v) is 3.85. The number of carbonyl (C=O) groups excluding carboxylic acids is 2. The van der Waals surface area contributed by atoms with Crippen molar-refractivity contribution in [3.8, 4) is 0 Å². The van der Waals surface area contributed by atoms with Gasteiger partial charge >= 0.3 is 0 Å². The molecule has 0 aliphatic carbocycles. The Morgan fingerprint density at radius 3 is 2.33 bits per heavy atom. The molecule has 1 aromatic rings. The van der Waals surface area contributed by atoms with E-state index in [1.54, 1.807) is 0 Å². The van der Waals surface area contributed by atoms with E-state index in [0.717, 1.165) is 37.8 Å². The quantitative estimate of drug-likeness (QED) is 0.639. The van der Waals surface area contributed by atoms with Gasteiger partial charge in [0.25, 0.3) is 0 Å². The molecule has 2 amide bonds. The van der Waals surface area contributed by atoms with Crippen LogP contribution in [-0.4, -0.2) is 18.9 Å². The van der Waals surface area contributed by atoms with Gasteiger partial charge in [0.15, 0.2) is 11.6 Å². The van der Waals surface area contributed by atoms with E-state index >= 15 is 0 Å². The highest BCUT2D eigenvalue weighted by Crippen LogP contribution is 2.17. The minimum absolute atomic E-state index is 0.213. The van der Waals surface area contributed by atoms with Gasteiger partial charge in [0.1, 0.15) is 6.04 Å². The van der Waals surface area contributed by atoms with E-state index in [0.29, 0.717) is 6.42 Å². The van der Waals surface area contributed by atoms with Gasteiger partial charge in [-0.25, -0.2) is 8.78 Å². The minimum atomic E-state index is -1.05. The summed E-state index contributed by atoms with van der Waals surface area (Å²) in [5.74, 6) is -2.79. The number of unbranched alkanes of at least 4 members (excludes halogenated alkanes) is 5. The van der Waals surface area contributed by atoms with E-state index < -0.39 is 23.6 Å². The molecule has 6 heteroatoms. The van der Waals surface area contributed by atoms with Gasteiger partial charge in [-0.15, -0.1) is 0 Å². The predicted molar refractivity (Wildman–Crippen MR) is 89.3 cm³/mol. The van der Waals surface area contributed by atoms with Crippen molar-refractivity contribution < 1.29 is 18.4 Å². The number of hydrogen-bond acceptors (Lipinski definition) is 2. The number of rotatable bonds is 10. The van der Waals surface area contributed by atoms with E-state index in [9.17, 15) is 18.4 Å². The lowest BCUT2D eigenvalue weighted by Crippen LogP contribution is -2.39.